The molecule has 0 aliphatic carbocycles. The van der Waals surface area contributed by atoms with Crippen molar-refractivity contribution >= 4 is 11.9 Å². The molecule has 0 saturated heterocycles. The largest absolute Gasteiger partial charge is 0.462 e. The molecule has 1 amide bonds. The van der Waals surface area contributed by atoms with Gasteiger partial charge in [0.2, 0.25) is 0 Å². The number of hydrogen-bond acceptors (Lipinski definition) is 3. The Morgan fingerprint density at radius 2 is 1.79 bits per heavy atom. The third-order valence-electron chi connectivity index (χ3n) is 4.19. The Balaban J connectivity index is 2.58. The fourth-order valence-corrected chi connectivity index (χ4v) is 2.46. The maximum Gasteiger partial charge on any atom is 0.338 e. The van der Waals surface area contributed by atoms with Crippen LogP contribution >= 0.6 is 0 Å². The molecular weight excluding hydrogens is 302 g/mol. The highest BCUT2D eigenvalue weighted by Gasteiger charge is 2.13. The van der Waals surface area contributed by atoms with Crippen LogP contribution in [0.15, 0.2) is 24.3 Å². The first-order chi connectivity index (χ1) is 11.6. The SMILES string of the molecule is CCCCOC(=O)c1cccc(C(=O)NCC(CC)CCCC)c1. The number of carbonyl (C=O) groups is 2. The molecule has 24 heavy (non-hydrogen) atoms. The number of ether oxygens (including phenoxy) is 1. The Bertz CT molecular complexity index is 513. The second kappa shape index (κ2) is 11.7. The first-order valence-electron chi connectivity index (χ1n) is 9.17. The molecule has 0 aliphatic rings. The van der Waals surface area contributed by atoms with Gasteiger partial charge in [-0.3, -0.25) is 4.79 Å². The lowest BCUT2D eigenvalue weighted by molar-refractivity contribution is 0.0499. The highest BCUT2D eigenvalue weighted by Crippen LogP contribution is 2.12. The summed E-state index contributed by atoms with van der Waals surface area (Å²) in [5.41, 5.74) is 0.932. The topological polar surface area (TPSA) is 55.4 Å². The van der Waals surface area contributed by atoms with Gasteiger partial charge in [0.25, 0.3) is 5.91 Å². The Kier molecular flexibility index (Phi) is 9.81. The molecule has 0 radical (unpaired) electrons. The lowest BCUT2D eigenvalue weighted by Gasteiger charge is -2.15. The summed E-state index contributed by atoms with van der Waals surface area (Å²) in [6, 6.07) is 6.74. The molecule has 1 aromatic carbocycles. The fraction of sp³-hybridized carbons (Fsp3) is 0.600. The second-order valence-electron chi connectivity index (χ2n) is 6.20. The van der Waals surface area contributed by atoms with Gasteiger partial charge in [0.1, 0.15) is 0 Å². The molecule has 1 N–H and O–H groups in total. The first-order valence-corrected chi connectivity index (χ1v) is 9.17. The lowest BCUT2D eigenvalue weighted by atomic mass is 9.99. The number of carbonyl (C=O) groups excluding carboxylic acids is 2. The van der Waals surface area contributed by atoms with Gasteiger partial charge in [0.05, 0.1) is 12.2 Å². The third kappa shape index (κ3) is 7.16. The highest BCUT2D eigenvalue weighted by atomic mass is 16.5. The molecule has 0 bridgehead atoms. The number of benzene rings is 1. The van der Waals surface area contributed by atoms with Crippen LogP contribution in [0, 0.1) is 5.92 Å². The van der Waals surface area contributed by atoms with E-state index in [0.717, 1.165) is 25.7 Å². The number of hydrogen-bond donors (Lipinski definition) is 1. The van der Waals surface area contributed by atoms with Gasteiger partial charge in [0.15, 0.2) is 0 Å². The van der Waals surface area contributed by atoms with Crippen LogP contribution in [0.4, 0.5) is 0 Å². The van der Waals surface area contributed by atoms with E-state index in [0.29, 0.717) is 30.2 Å². The van der Waals surface area contributed by atoms with E-state index in [1.54, 1.807) is 24.3 Å². The number of rotatable bonds is 11. The van der Waals surface area contributed by atoms with Crippen LogP contribution in [-0.4, -0.2) is 25.0 Å². The summed E-state index contributed by atoms with van der Waals surface area (Å²) in [5.74, 6) is 0.0109. The molecule has 134 valence electrons. The average molecular weight is 333 g/mol. The van der Waals surface area contributed by atoms with Crippen molar-refractivity contribution in [3.63, 3.8) is 0 Å². The van der Waals surface area contributed by atoms with Gasteiger partial charge in [-0.1, -0.05) is 52.5 Å². The van der Waals surface area contributed by atoms with Crippen molar-refractivity contribution in [1.29, 1.82) is 0 Å². The van der Waals surface area contributed by atoms with Gasteiger partial charge in [-0.15, -0.1) is 0 Å². The van der Waals surface area contributed by atoms with Crippen molar-refractivity contribution in [1.82, 2.24) is 5.32 Å². The number of esters is 1. The van der Waals surface area contributed by atoms with Crippen molar-refractivity contribution in [2.24, 2.45) is 5.92 Å². The van der Waals surface area contributed by atoms with Crippen molar-refractivity contribution in [2.75, 3.05) is 13.2 Å². The highest BCUT2D eigenvalue weighted by molar-refractivity contribution is 5.97. The third-order valence-corrected chi connectivity index (χ3v) is 4.19. The Labute approximate surface area is 146 Å². The van der Waals surface area contributed by atoms with Crippen molar-refractivity contribution in [3.8, 4) is 0 Å². The van der Waals surface area contributed by atoms with E-state index in [1.807, 2.05) is 6.92 Å². The molecule has 1 rings (SSSR count). The standard InChI is InChI=1S/C20H31NO3/c1-4-7-10-16(6-3)15-21-19(22)17-11-9-12-18(14-17)20(23)24-13-8-5-2/h9,11-12,14,16H,4-8,10,13,15H2,1-3H3,(H,21,22). The molecule has 0 spiro atoms. The van der Waals surface area contributed by atoms with Crippen LogP contribution in [0.5, 0.6) is 0 Å². The van der Waals surface area contributed by atoms with E-state index in [4.69, 9.17) is 4.74 Å². The molecule has 1 unspecified atom stereocenters. The molecule has 0 saturated carbocycles. The zero-order valence-corrected chi connectivity index (χ0v) is 15.3. The minimum absolute atomic E-state index is 0.131. The van der Waals surface area contributed by atoms with Crippen LogP contribution in [0.25, 0.3) is 0 Å². The monoisotopic (exact) mass is 333 g/mol. The van der Waals surface area contributed by atoms with Gasteiger partial charge >= 0.3 is 5.97 Å². The normalized spacial score (nSPS) is 11.8. The summed E-state index contributed by atoms with van der Waals surface area (Å²) in [5, 5.41) is 2.99. The van der Waals surface area contributed by atoms with Crippen LogP contribution in [-0.2, 0) is 4.74 Å². The molecular formula is C20H31NO3. The maximum atomic E-state index is 12.3. The molecule has 1 atom stereocenters. The summed E-state index contributed by atoms with van der Waals surface area (Å²) in [7, 11) is 0. The van der Waals surface area contributed by atoms with Crippen LogP contribution in [0.2, 0.25) is 0 Å². The van der Waals surface area contributed by atoms with E-state index in [2.05, 4.69) is 19.2 Å². The molecule has 0 heterocycles. The summed E-state index contributed by atoms with van der Waals surface area (Å²) in [6.45, 7) is 7.47. The van der Waals surface area contributed by atoms with Gasteiger partial charge in [-0.25, -0.2) is 4.79 Å². The van der Waals surface area contributed by atoms with Crippen molar-refractivity contribution in [3.05, 3.63) is 35.4 Å². The summed E-state index contributed by atoms with van der Waals surface area (Å²) in [6.07, 6.45) is 6.38. The fourth-order valence-electron chi connectivity index (χ4n) is 2.46. The van der Waals surface area contributed by atoms with E-state index in [1.165, 1.54) is 12.8 Å². The zero-order chi connectivity index (χ0) is 17.8. The zero-order valence-electron chi connectivity index (χ0n) is 15.3. The number of amides is 1. The quantitative estimate of drug-likeness (QED) is 0.476. The predicted molar refractivity (Wildman–Crippen MR) is 97.3 cm³/mol. The number of nitrogens with one attached hydrogen (secondary N) is 1. The van der Waals surface area contributed by atoms with Crippen LogP contribution in [0.3, 0.4) is 0 Å². The van der Waals surface area contributed by atoms with Crippen molar-refractivity contribution in [2.45, 2.75) is 59.3 Å². The minimum atomic E-state index is -0.368. The first kappa shape index (κ1) is 20.2. The summed E-state index contributed by atoms with van der Waals surface area (Å²) < 4.78 is 5.19. The molecule has 4 heteroatoms. The lowest BCUT2D eigenvalue weighted by Crippen LogP contribution is -2.29. The molecule has 0 aromatic heterocycles. The minimum Gasteiger partial charge on any atom is -0.462 e. The number of unbranched alkanes of at least 4 members (excludes halogenated alkanes) is 2. The smallest absolute Gasteiger partial charge is 0.338 e. The average Bonchev–Trinajstić information content (AvgIpc) is 2.62. The van der Waals surface area contributed by atoms with E-state index in [-0.39, 0.29) is 11.9 Å². The predicted octanol–water partition coefficient (Wildman–Crippen LogP) is 4.59. The molecule has 0 aliphatic heterocycles. The Morgan fingerprint density at radius 1 is 1.08 bits per heavy atom. The second-order valence-corrected chi connectivity index (χ2v) is 6.20. The molecule has 1 aromatic rings. The van der Waals surface area contributed by atoms with E-state index < -0.39 is 0 Å². The summed E-state index contributed by atoms with van der Waals surface area (Å²) >= 11 is 0. The Morgan fingerprint density at radius 3 is 2.46 bits per heavy atom. The van der Waals surface area contributed by atoms with Gasteiger partial charge < -0.3 is 10.1 Å². The van der Waals surface area contributed by atoms with Gasteiger partial charge in [0, 0.05) is 12.1 Å². The van der Waals surface area contributed by atoms with E-state index >= 15 is 0 Å². The summed E-state index contributed by atoms with van der Waals surface area (Å²) in [4.78, 5) is 24.3. The van der Waals surface area contributed by atoms with Gasteiger partial charge in [-0.2, -0.15) is 0 Å². The van der Waals surface area contributed by atoms with Gasteiger partial charge in [-0.05, 0) is 37.0 Å². The van der Waals surface area contributed by atoms with E-state index in [9.17, 15) is 9.59 Å². The van der Waals surface area contributed by atoms with Crippen LogP contribution in [0.1, 0.15) is 80.0 Å². The van der Waals surface area contributed by atoms with Crippen LogP contribution < -0.4 is 5.32 Å². The molecule has 0 fully saturated rings. The maximum absolute atomic E-state index is 12.3. The van der Waals surface area contributed by atoms with Crippen molar-refractivity contribution < 1.29 is 14.3 Å². The Hall–Kier alpha value is -1.84. The molecule has 4 nitrogen and oxygen atoms in total.